The van der Waals surface area contributed by atoms with Gasteiger partial charge in [0, 0.05) is 57.7 Å². The summed E-state index contributed by atoms with van der Waals surface area (Å²) in [7, 11) is 1.67. The minimum absolute atomic E-state index is 0.0713. The van der Waals surface area contributed by atoms with Crippen LogP contribution in [0.25, 0.3) is 0 Å². The van der Waals surface area contributed by atoms with Gasteiger partial charge in [0.05, 0.1) is 0 Å². The van der Waals surface area contributed by atoms with E-state index in [4.69, 9.17) is 9.72 Å². The van der Waals surface area contributed by atoms with Crippen LogP contribution < -0.4 is 10.2 Å². The Morgan fingerprint density at radius 1 is 1.21 bits per heavy atom. The van der Waals surface area contributed by atoms with Crippen LogP contribution in [0, 0.1) is 6.92 Å². The van der Waals surface area contributed by atoms with Crippen molar-refractivity contribution in [3.05, 3.63) is 41.2 Å². The third-order valence-corrected chi connectivity index (χ3v) is 5.26. The molecule has 1 aromatic heterocycles. The number of benzene rings is 1. The average molecular weight is 405 g/mol. The van der Waals surface area contributed by atoms with E-state index >= 15 is 0 Å². The van der Waals surface area contributed by atoms with Crippen molar-refractivity contribution in [1.29, 1.82) is 0 Å². The number of ether oxygens (including phenoxy) is 1. The molecular formula is C21H32N4O2S. The number of aromatic nitrogens is 2. The van der Waals surface area contributed by atoms with Crippen LogP contribution in [0.2, 0.25) is 0 Å². The van der Waals surface area contributed by atoms with Crippen LogP contribution in [0.3, 0.4) is 0 Å². The molecule has 2 aromatic rings. The molecule has 1 heterocycles. The quantitative estimate of drug-likeness (QED) is 0.517. The highest BCUT2D eigenvalue weighted by Gasteiger charge is 2.14. The van der Waals surface area contributed by atoms with Crippen molar-refractivity contribution in [2.75, 3.05) is 38.3 Å². The van der Waals surface area contributed by atoms with Crippen molar-refractivity contribution < 1.29 is 9.53 Å². The van der Waals surface area contributed by atoms with Gasteiger partial charge in [-0.15, -0.1) is 0 Å². The number of hydrogen-bond acceptors (Lipinski definition) is 6. The molecule has 0 spiro atoms. The van der Waals surface area contributed by atoms with E-state index in [1.807, 2.05) is 0 Å². The molecule has 0 saturated carbocycles. The SMILES string of the molecule is CCCCN(CCC(=O)NCCCOC)c1nc(Cc2ccc(C)cc2)ns1. The summed E-state index contributed by atoms with van der Waals surface area (Å²) >= 11 is 1.42. The van der Waals surface area contributed by atoms with E-state index in [1.54, 1.807) is 7.11 Å². The van der Waals surface area contributed by atoms with Crippen molar-refractivity contribution in [3.63, 3.8) is 0 Å². The number of rotatable bonds is 13. The van der Waals surface area contributed by atoms with Crippen molar-refractivity contribution >= 4 is 22.6 Å². The topological polar surface area (TPSA) is 67.4 Å². The summed E-state index contributed by atoms with van der Waals surface area (Å²) in [4.78, 5) is 19.0. The smallest absolute Gasteiger partial charge is 0.221 e. The largest absolute Gasteiger partial charge is 0.385 e. The molecule has 1 aromatic carbocycles. The van der Waals surface area contributed by atoms with E-state index in [2.05, 4.69) is 52.7 Å². The summed E-state index contributed by atoms with van der Waals surface area (Å²) in [5, 5.41) is 3.85. The zero-order valence-corrected chi connectivity index (χ0v) is 18.1. The van der Waals surface area contributed by atoms with Gasteiger partial charge in [-0.25, -0.2) is 4.98 Å². The standard InChI is InChI=1S/C21H32N4O2S/c1-4-5-13-25(14-11-20(26)22-12-6-15-27-3)21-23-19(24-28-21)16-18-9-7-17(2)8-10-18/h7-10H,4-6,11-16H2,1-3H3,(H,22,26). The summed E-state index contributed by atoms with van der Waals surface area (Å²) in [6.07, 6.45) is 4.21. The molecular weight excluding hydrogens is 372 g/mol. The van der Waals surface area contributed by atoms with Crippen LogP contribution in [-0.4, -0.2) is 48.6 Å². The Labute approximate surface area is 172 Å². The highest BCUT2D eigenvalue weighted by molar-refractivity contribution is 7.09. The van der Waals surface area contributed by atoms with Gasteiger partial charge < -0.3 is 15.0 Å². The Kier molecular flexibility index (Phi) is 9.93. The molecule has 0 unspecified atom stereocenters. The Morgan fingerprint density at radius 3 is 2.71 bits per heavy atom. The van der Waals surface area contributed by atoms with Crippen LogP contribution in [0.1, 0.15) is 49.6 Å². The molecule has 0 radical (unpaired) electrons. The molecule has 28 heavy (non-hydrogen) atoms. The van der Waals surface area contributed by atoms with Crippen molar-refractivity contribution in [3.8, 4) is 0 Å². The Hall–Kier alpha value is -1.99. The summed E-state index contributed by atoms with van der Waals surface area (Å²) in [6, 6.07) is 8.47. The van der Waals surface area contributed by atoms with Crippen LogP contribution in [0.4, 0.5) is 5.13 Å². The first-order valence-electron chi connectivity index (χ1n) is 10.0. The van der Waals surface area contributed by atoms with Gasteiger partial charge in [0.25, 0.3) is 0 Å². The first kappa shape index (κ1) is 22.3. The lowest BCUT2D eigenvalue weighted by Gasteiger charge is -2.20. The molecule has 6 nitrogen and oxygen atoms in total. The second-order valence-electron chi connectivity index (χ2n) is 6.94. The number of amides is 1. The third-order valence-electron chi connectivity index (χ3n) is 4.45. The van der Waals surface area contributed by atoms with E-state index in [1.165, 1.54) is 22.7 Å². The van der Waals surface area contributed by atoms with Crippen LogP contribution in [0.5, 0.6) is 0 Å². The number of aryl methyl sites for hydroxylation is 1. The Bertz CT molecular complexity index is 703. The van der Waals surface area contributed by atoms with Crippen molar-refractivity contribution in [1.82, 2.24) is 14.7 Å². The predicted octanol–water partition coefficient (Wildman–Crippen LogP) is 3.59. The predicted molar refractivity (Wildman–Crippen MR) is 115 cm³/mol. The maximum absolute atomic E-state index is 12.1. The van der Waals surface area contributed by atoms with Gasteiger partial charge in [-0.1, -0.05) is 43.2 Å². The Balaban J connectivity index is 1.90. The molecule has 0 aliphatic heterocycles. The molecule has 0 atom stereocenters. The number of hydrogen-bond donors (Lipinski definition) is 1. The van der Waals surface area contributed by atoms with Gasteiger partial charge in [-0.3, -0.25) is 4.79 Å². The van der Waals surface area contributed by atoms with Crippen LogP contribution in [0.15, 0.2) is 24.3 Å². The monoisotopic (exact) mass is 404 g/mol. The lowest BCUT2D eigenvalue weighted by atomic mass is 10.1. The number of carbonyl (C=O) groups excluding carboxylic acids is 1. The molecule has 0 aliphatic rings. The minimum atomic E-state index is 0.0713. The van der Waals surface area contributed by atoms with Gasteiger partial charge in [0.2, 0.25) is 11.0 Å². The zero-order valence-electron chi connectivity index (χ0n) is 17.2. The number of nitrogens with zero attached hydrogens (tertiary/aromatic N) is 3. The van der Waals surface area contributed by atoms with Gasteiger partial charge in [0.1, 0.15) is 5.82 Å². The zero-order chi connectivity index (χ0) is 20.2. The molecule has 1 amide bonds. The summed E-state index contributed by atoms with van der Waals surface area (Å²) in [5.41, 5.74) is 2.47. The Morgan fingerprint density at radius 2 is 2.00 bits per heavy atom. The molecule has 7 heteroatoms. The summed E-state index contributed by atoms with van der Waals surface area (Å²) < 4.78 is 9.54. The fraction of sp³-hybridized carbons (Fsp3) is 0.571. The molecule has 0 bridgehead atoms. The number of unbranched alkanes of at least 4 members (excludes halogenated alkanes) is 1. The molecule has 0 aliphatic carbocycles. The summed E-state index contributed by atoms with van der Waals surface area (Å²) in [6.45, 7) is 7.13. The average Bonchev–Trinajstić information content (AvgIpc) is 3.15. The normalized spacial score (nSPS) is 10.8. The first-order chi connectivity index (χ1) is 13.6. The fourth-order valence-electron chi connectivity index (χ4n) is 2.75. The van der Waals surface area contributed by atoms with Crippen molar-refractivity contribution in [2.24, 2.45) is 0 Å². The molecule has 2 rings (SSSR count). The molecule has 154 valence electrons. The van der Waals surface area contributed by atoms with Crippen LogP contribution in [-0.2, 0) is 16.0 Å². The van der Waals surface area contributed by atoms with Gasteiger partial charge in [-0.05, 0) is 25.3 Å². The molecule has 0 saturated heterocycles. The lowest BCUT2D eigenvalue weighted by Crippen LogP contribution is -2.32. The fourth-order valence-corrected chi connectivity index (χ4v) is 3.49. The number of carbonyl (C=O) groups is 1. The van der Waals surface area contributed by atoms with E-state index < -0.39 is 0 Å². The summed E-state index contributed by atoms with van der Waals surface area (Å²) in [5.74, 6) is 0.913. The first-order valence-corrected chi connectivity index (χ1v) is 10.8. The van der Waals surface area contributed by atoms with E-state index in [0.717, 1.165) is 43.2 Å². The van der Waals surface area contributed by atoms with Gasteiger partial charge in [-0.2, -0.15) is 4.37 Å². The van der Waals surface area contributed by atoms with E-state index in [9.17, 15) is 4.79 Å². The number of nitrogens with one attached hydrogen (secondary N) is 1. The van der Waals surface area contributed by atoms with E-state index in [0.29, 0.717) is 26.1 Å². The van der Waals surface area contributed by atoms with Gasteiger partial charge >= 0.3 is 0 Å². The van der Waals surface area contributed by atoms with Crippen molar-refractivity contribution in [2.45, 2.75) is 46.0 Å². The maximum Gasteiger partial charge on any atom is 0.221 e. The van der Waals surface area contributed by atoms with E-state index in [-0.39, 0.29) is 5.91 Å². The second-order valence-corrected chi connectivity index (χ2v) is 7.67. The maximum atomic E-state index is 12.1. The van der Waals surface area contributed by atoms with Gasteiger partial charge in [0.15, 0.2) is 0 Å². The molecule has 1 N–H and O–H groups in total. The number of anilines is 1. The molecule has 0 fully saturated rings. The lowest BCUT2D eigenvalue weighted by molar-refractivity contribution is -0.120. The number of methoxy groups -OCH3 is 1. The highest BCUT2D eigenvalue weighted by Crippen LogP contribution is 2.20. The van der Waals surface area contributed by atoms with Crippen LogP contribution >= 0.6 is 11.5 Å². The highest BCUT2D eigenvalue weighted by atomic mass is 32.1. The second kappa shape index (κ2) is 12.5. The third kappa shape index (κ3) is 7.94. The minimum Gasteiger partial charge on any atom is -0.385 e.